The van der Waals surface area contributed by atoms with Gasteiger partial charge in [0.05, 0.1) is 17.7 Å². The number of halogens is 1. The molecule has 0 fully saturated rings. The molecule has 1 aliphatic rings. The highest BCUT2D eigenvalue weighted by Crippen LogP contribution is 2.37. The Balaban J connectivity index is 1.92. The van der Waals surface area contributed by atoms with Gasteiger partial charge in [0, 0.05) is 25.1 Å². The van der Waals surface area contributed by atoms with E-state index in [2.05, 4.69) is 10.6 Å². The van der Waals surface area contributed by atoms with E-state index in [4.69, 9.17) is 21.4 Å². The minimum absolute atomic E-state index is 0.0967. The third-order valence-electron chi connectivity index (χ3n) is 3.56. The number of rotatable bonds is 5. The summed E-state index contributed by atoms with van der Waals surface area (Å²) in [7, 11) is 0. The summed E-state index contributed by atoms with van der Waals surface area (Å²) in [6.07, 6.45) is 1.39. The standard InChI is InChI=1S/C15H21ClN2O3/c1-10(5-7-19)9-17-15(20)18-13-6-8-21-14-11(13)3-2-4-12(14)16/h2-4,10,13,19H,5-9H2,1H3,(H2,17,18,20). The average Bonchev–Trinajstić information content (AvgIpc) is 2.47. The Hall–Kier alpha value is -1.46. The van der Waals surface area contributed by atoms with E-state index in [0.717, 1.165) is 5.56 Å². The van der Waals surface area contributed by atoms with E-state index in [1.54, 1.807) is 6.07 Å². The summed E-state index contributed by atoms with van der Waals surface area (Å²) >= 11 is 6.10. The molecule has 0 radical (unpaired) electrons. The molecule has 5 nitrogen and oxygen atoms in total. The summed E-state index contributed by atoms with van der Waals surface area (Å²) < 4.78 is 5.56. The van der Waals surface area contributed by atoms with E-state index in [0.29, 0.717) is 36.8 Å². The monoisotopic (exact) mass is 312 g/mol. The molecule has 1 aromatic carbocycles. The number of aliphatic hydroxyl groups is 1. The molecule has 3 N–H and O–H groups in total. The molecule has 1 heterocycles. The fourth-order valence-corrected chi connectivity index (χ4v) is 2.57. The van der Waals surface area contributed by atoms with E-state index in [9.17, 15) is 4.79 Å². The molecular weight excluding hydrogens is 292 g/mol. The number of para-hydroxylation sites is 1. The van der Waals surface area contributed by atoms with Crippen LogP contribution in [0.15, 0.2) is 18.2 Å². The second-order valence-corrected chi connectivity index (χ2v) is 5.73. The SMILES string of the molecule is CC(CCO)CNC(=O)NC1CCOc2c(Cl)cccc21. The molecule has 6 heteroatoms. The van der Waals surface area contributed by atoms with Crippen LogP contribution in [0.2, 0.25) is 5.02 Å². The summed E-state index contributed by atoms with van der Waals surface area (Å²) in [6, 6.07) is 5.24. The predicted molar refractivity (Wildman–Crippen MR) is 81.7 cm³/mol. The normalized spacial score (nSPS) is 18.3. The molecule has 21 heavy (non-hydrogen) atoms. The first-order chi connectivity index (χ1) is 10.1. The van der Waals surface area contributed by atoms with Gasteiger partial charge in [0.25, 0.3) is 0 Å². The van der Waals surface area contributed by atoms with Gasteiger partial charge >= 0.3 is 6.03 Å². The highest BCUT2D eigenvalue weighted by Gasteiger charge is 2.24. The lowest BCUT2D eigenvalue weighted by atomic mass is 10.0. The lowest BCUT2D eigenvalue weighted by molar-refractivity contribution is 0.219. The third kappa shape index (κ3) is 4.25. The van der Waals surface area contributed by atoms with E-state index in [1.807, 2.05) is 19.1 Å². The van der Waals surface area contributed by atoms with Crippen LogP contribution in [-0.4, -0.2) is 30.9 Å². The van der Waals surface area contributed by atoms with Crippen LogP contribution in [0.4, 0.5) is 4.79 Å². The zero-order chi connectivity index (χ0) is 15.2. The van der Waals surface area contributed by atoms with Crippen molar-refractivity contribution >= 4 is 17.6 Å². The first kappa shape index (κ1) is 15.9. The smallest absolute Gasteiger partial charge is 0.315 e. The summed E-state index contributed by atoms with van der Waals surface area (Å²) in [4.78, 5) is 12.0. The van der Waals surface area contributed by atoms with Gasteiger partial charge in [-0.1, -0.05) is 30.7 Å². The Morgan fingerprint density at radius 3 is 3.14 bits per heavy atom. The molecule has 2 unspecified atom stereocenters. The van der Waals surface area contributed by atoms with Crippen LogP contribution in [-0.2, 0) is 0 Å². The molecule has 0 aliphatic carbocycles. The van der Waals surface area contributed by atoms with Gasteiger partial charge in [-0.05, 0) is 18.4 Å². The van der Waals surface area contributed by atoms with Gasteiger partial charge in [-0.25, -0.2) is 4.79 Å². The molecule has 0 saturated heterocycles. The fourth-order valence-electron chi connectivity index (χ4n) is 2.34. The van der Waals surface area contributed by atoms with Gasteiger partial charge in [0.2, 0.25) is 0 Å². The molecule has 1 aromatic rings. The molecular formula is C15H21ClN2O3. The Labute approximate surface area is 129 Å². The van der Waals surface area contributed by atoms with Crippen LogP contribution in [0, 0.1) is 5.92 Å². The molecule has 0 bridgehead atoms. The van der Waals surface area contributed by atoms with Crippen molar-refractivity contribution in [3.63, 3.8) is 0 Å². The second kappa shape index (κ2) is 7.52. The van der Waals surface area contributed by atoms with Gasteiger partial charge < -0.3 is 20.5 Å². The van der Waals surface area contributed by atoms with Gasteiger partial charge in [-0.15, -0.1) is 0 Å². The highest BCUT2D eigenvalue weighted by atomic mass is 35.5. The lowest BCUT2D eigenvalue weighted by Crippen LogP contribution is -2.41. The number of nitrogens with one attached hydrogen (secondary N) is 2. The van der Waals surface area contributed by atoms with Crippen LogP contribution >= 0.6 is 11.6 Å². The zero-order valence-corrected chi connectivity index (χ0v) is 12.8. The molecule has 2 atom stereocenters. The minimum Gasteiger partial charge on any atom is -0.492 e. The average molecular weight is 313 g/mol. The number of carbonyl (C=O) groups excluding carboxylic acids is 1. The number of carbonyl (C=O) groups is 1. The van der Waals surface area contributed by atoms with Gasteiger partial charge in [-0.2, -0.15) is 0 Å². The van der Waals surface area contributed by atoms with Crippen molar-refractivity contribution in [2.24, 2.45) is 5.92 Å². The van der Waals surface area contributed by atoms with Crippen molar-refractivity contribution in [2.75, 3.05) is 19.8 Å². The van der Waals surface area contributed by atoms with Crippen molar-refractivity contribution in [3.8, 4) is 5.75 Å². The van der Waals surface area contributed by atoms with Crippen molar-refractivity contribution in [1.29, 1.82) is 0 Å². The van der Waals surface area contributed by atoms with Crippen LogP contribution in [0.1, 0.15) is 31.4 Å². The first-order valence-electron chi connectivity index (χ1n) is 7.18. The maximum Gasteiger partial charge on any atom is 0.315 e. The van der Waals surface area contributed by atoms with E-state index in [-0.39, 0.29) is 24.6 Å². The summed E-state index contributed by atoms with van der Waals surface area (Å²) in [6.45, 7) is 3.19. The number of hydrogen-bond acceptors (Lipinski definition) is 3. The van der Waals surface area contributed by atoms with E-state index >= 15 is 0 Å². The Bertz CT molecular complexity index is 496. The zero-order valence-electron chi connectivity index (χ0n) is 12.1. The van der Waals surface area contributed by atoms with Crippen LogP contribution in [0.25, 0.3) is 0 Å². The topological polar surface area (TPSA) is 70.6 Å². The van der Waals surface area contributed by atoms with Crippen LogP contribution < -0.4 is 15.4 Å². The van der Waals surface area contributed by atoms with Gasteiger partial charge in [-0.3, -0.25) is 0 Å². The number of benzene rings is 1. The highest BCUT2D eigenvalue weighted by molar-refractivity contribution is 6.32. The fraction of sp³-hybridized carbons (Fsp3) is 0.533. The van der Waals surface area contributed by atoms with Crippen LogP contribution in [0.3, 0.4) is 0 Å². The Kier molecular flexibility index (Phi) is 5.70. The molecule has 0 aromatic heterocycles. The molecule has 1 aliphatic heterocycles. The summed E-state index contributed by atoms with van der Waals surface area (Å²) in [5.41, 5.74) is 0.910. The number of fused-ring (bicyclic) bond motifs is 1. The van der Waals surface area contributed by atoms with Crippen molar-refractivity contribution in [2.45, 2.75) is 25.8 Å². The van der Waals surface area contributed by atoms with Crippen LogP contribution in [0.5, 0.6) is 5.75 Å². The largest absolute Gasteiger partial charge is 0.492 e. The van der Waals surface area contributed by atoms with Crippen molar-refractivity contribution in [3.05, 3.63) is 28.8 Å². The molecule has 0 saturated carbocycles. The maximum atomic E-state index is 12.0. The lowest BCUT2D eigenvalue weighted by Gasteiger charge is -2.27. The van der Waals surface area contributed by atoms with E-state index in [1.165, 1.54) is 0 Å². The third-order valence-corrected chi connectivity index (χ3v) is 3.86. The summed E-state index contributed by atoms with van der Waals surface area (Å²) in [5, 5.41) is 15.2. The van der Waals surface area contributed by atoms with Crippen molar-refractivity contribution in [1.82, 2.24) is 10.6 Å². The quantitative estimate of drug-likeness (QED) is 0.782. The Morgan fingerprint density at radius 2 is 2.38 bits per heavy atom. The number of ether oxygens (including phenoxy) is 1. The maximum absolute atomic E-state index is 12.0. The van der Waals surface area contributed by atoms with E-state index < -0.39 is 0 Å². The molecule has 2 rings (SSSR count). The van der Waals surface area contributed by atoms with Crippen molar-refractivity contribution < 1.29 is 14.6 Å². The summed E-state index contributed by atoms with van der Waals surface area (Å²) in [5.74, 6) is 0.904. The predicted octanol–water partition coefficient (Wildman–Crippen LogP) is 2.48. The number of urea groups is 1. The number of amides is 2. The minimum atomic E-state index is -0.211. The number of hydrogen-bond donors (Lipinski definition) is 3. The Morgan fingerprint density at radius 1 is 1.57 bits per heavy atom. The molecule has 2 amide bonds. The second-order valence-electron chi connectivity index (χ2n) is 5.32. The molecule has 116 valence electrons. The number of aliphatic hydroxyl groups excluding tert-OH is 1. The van der Waals surface area contributed by atoms with Gasteiger partial charge in [0.1, 0.15) is 5.75 Å². The first-order valence-corrected chi connectivity index (χ1v) is 7.56. The molecule has 0 spiro atoms. The van der Waals surface area contributed by atoms with Gasteiger partial charge in [0.15, 0.2) is 0 Å².